The van der Waals surface area contributed by atoms with E-state index in [9.17, 15) is 9.59 Å². The largest absolute Gasteiger partial charge is 0.383 e. The third-order valence-corrected chi connectivity index (χ3v) is 4.55. The summed E-state index contributed by atoms with van der Waals surface area (Å²) in [5, 5.41) is 7.49. The molecule has 0 bridgehead atoms. The first-order valence-corrected chi connectivity index (χ1v) is 9.23. The zero-order valence-corrected chi connectivity index (χ0v) is 16.5. The Morgan fingerprint density at radius 2 is 1.61 bits per heavy atom. The van der Waals surface area contributed by atoms with Crippen LogP contribution in [0.1, 0.15) is 26.3 Å². The number of nitrogen functional groups attached to an aromatic ring is 2. The number of nitrogens with zero attached hydrogens (tertiary/aromatic N) is 5. The second kappa shape index (κ2) is 8.03. The number of nitrogens with one attached hydrogen (secondary N) is 1. The smallest absolute Gasteiger partial charge is 0.259 e. The number of aromatic nitrogens is 5. The normalized spacial score (nSPS) is 10.6. The molecule has 0 radical (unpaired) electrons. The van der Waals surface area contributed by atoms with Crippen LogP contribution < -0.4 is 16.8 Å². The van der Waals surface area contributed by atoms with Crippen LogP contribution in [0.3, 0.4) is 0 Å². The van der Waals surface area contributed by atoms with Crippen molar-refractivity contribution in [3.8, 4) is 17.2 Å². The lowest BCUT2D eigenvalue weighted by Gasteiger charge is -2.09. The third-order valence-electron chi connectivity index (χ3n) is 4.55. The van der Waals surface area contributed by atoms with Gasteiger partial charge in [-0.15, -0.1) is 0 Å². The summed E-state index contributed by atoms with van der Waals surface area (Å²) >= 11 is 0. The summed E-state index contributed by atoms with van der Waals surface area (Å²) in [6.07, 6.45) is 1.29. The predicted octanol–water partition coefficient (Wildman–Crippen LogP) is 2.57. The summed E-state index contributed by atoms with van der Waals surface area (Å²) in [5.41, 5.74) is 15.6. The molecular weight excluding hydrogens is 396 g/mol. The molecule has 2 aromatic carbocycles. The van der Waals surface area contributed by atoms with Gasteiger partial charge in [0.1, 0.15) is 18.4 Å². The summed E-state index contributed by atoms with van der Waals surface area (Å²) in [4.78, 5) is 34.8. The van der Waals surface area contributed by atoms with Gasteiger partial charge in [0, 0.05) is 27.9 Å². The molecule has 2 aromatic heterocycles. The summed E-state index contributed by atoms with van der Waals surface area (Å²) in [6, 6.07) is 14.2. The predicted molar refractivity (Wildman–Crippen MR) is 116 cm³/mol. The summed E-state index contributed by atoms with van der Waals surface area (Å²) in [7, 11) is 0. The highest BCUT2D eigenvalue weighted by atomic mass is 16.1. The molecule has 4 rings (SSSR count). The van der Waals surface area contributed by atoms with Gasteiger partial charge in [0.2, 0.25) is 11.9 Å². The van der Waals surface area contributed by atoms with E-state index < -0.39 is 0 Å². The van der Waals surface area contributed by atoms with Gasteiger partial charge in [-0.3, -0.25) is 9.59 Å². The number of rotatable bonds is 6. The topological polar surface area (TPSA) is 155 Å². The van der Waals surface area contributed by atoms with E-state index in [2.05, 4.69) is 25.4 Å². The lowest BCUT2D eigenvalue weighted by Crippen LogP contribution is -2.12. The molecule has 10 nitrogen and oxygen atoms in total. The lowest BCUT2D eigenvalue weighted by atomic mass is 10.1. The number of carbonyl (C=O) groups is 2. The molecule has 0 saturated carbocycles. The van der Waals surface area contributed by atoms with Crippen molar-refractivity contribution in [1.82, 2.24) is 24.7 Å². The molecule has 0 aliphatic rings. The van der Waals surface area contributed by atoms with E-state index in [-0.39, 0.29) is 17.8 Å². The Morgan fingerprint density at radius 1 is 0.935 bits per heavy atom. The maximum atomic E-state index is 11.1. The molecule has 2 heterocycles. The molecule has 0 aliphatic heterocycles. The number of aldehydes is 2. The van der Waals surface area contributed by atoms with Crippen LogP contribution in [0.25, 0.3) is 17.2 Å². The maximum Gasteiger partial charge on any atom is 0.259 e. The van der Waals surface area contributed by atoms with E-state index in [1.54, 1.807) is 12.1 Å². The number of hydrogen-bond acceptors (Lipinski definition) is 9. The SMILES string of the molecule is Cc1c(-c2ccccc2)nn(-c2nc(N)nc(Nc3cc(C=O)cc(C=O)c3)n2)c1N. The second-order valence-electron chi connectivity index (χ2n) is 6.70. The van der Waals surface area contributed by atoms with Crippen LogP contribution in [0.15, 0.2) is 48.5 Å². The Morgan fingerprint density at radius 3 is 2.26 bits per heavy atom. The standard InChI is InChI=1S/C21H18N8O2/c1-12-17(15-5-3-2-4-6-15)28-29(18(12)22)21-26-19(23)25-20(27-21)24-16-8-13(10-30)7-14(9-16)11-31/h2-11H,22H2,1H3,(H3,23,24,25,26,27). The molecule has 0 aliphatic carbocycles. The lowest BCUT2D eigenvalue weighted by molar-refractivity contribution is 0.112. The first kappa shape index (κ1) is 19.7. The van der Waals surface area contributed by atoms with Crippen molar-refractivity contribution in [2.45, 2.75) is 6.92 Å². The van der Waals surface area contributed by atoms with E-state index >= 15 is 0 Å². The van der Waals surface area contributed by atoms with Gasteiger partial charge in [-0.2, -0.15) is 24.7 Å². The van der Waals surface area contributed by atoms with Crippen molar-refractivity contribution < 1.29 is 9.59 Å². The number of carbonyl (C=O) groups excluding carboxylic acids is 2. The van der Waals surface area contributed by atoms with E-state index in [0.717, 1.165) is 11.1 Å². The van der Waals surface area contributed by atoms with Gasteiger partial charge in [-0.05, 0) is 25.1 Å². The van der Waals surface area contributed by atoms with Crippen LogP contribution >= 0.6 is 0 Å². The minimum atomic E-state index is -0.0523. The maximum absolute atomic E-state index is 11.1. The first-order valence-electron chi connectivity index (χ1n) is 9.23. The summed E-state index contributed by atoms with van der Waals surface area (Å²) in [5.74, 6) is 0.543. The van der Waals surface area contributed by atoms with Crippen molar-refractivity contribution >= 4 is 36.0 Å². The second-order valence-corrected chi connectivity index (χ2v) is 6.70. The molecule has 0 fully saturated rings. The van der Waals surface area contributed by atoms with Gasteiger partial charge in [-0.1, -0.05) is 30.3 Å². The monoisotopic (exact) mass is 414 g/mol. The number of anilines is 4. The van der Waals surface area contributed by atoms with Crippen LogP contribution in [0, 0.1) is 6.92 Å². The molecule has 5 N–H and O–H groups in total. The van der Waals surface area contributed by atoms with Crippen LogP contribution in [0.2, 0.25) is 0 Å². The van der Waals surface area contributed by atoms with E-state index in [0.29, 0.717) is 40.9 Å². The Balaban J connectivity index is 1.74. The van der Waals surface area contributed by atoms with Gasteiger partial charge in [0.05, 0.1) is 5.69 Å². The van der Waals surface area contributed by atoms with Gasteiger partial charge >= 0.3 is 0 Å². The highest BCUT2D eigenvalue weighted by molar-refractivity contribution is 5.85. The Bertz CT molecular complexity index is 1260. The molecular formula is C21H18N8O2. The van der Waals surface area contributed by atoms with Crippen molar-refractivity contribution in [3.63, 3.8) is 0 Å². The fourth-order valence-corrected chi connectivity index (χ4v) is 3.08. The molecule has 154 valence electrons. The fraction of sp³-hybridized carbons (Fsp3) is 0.0476. The minimum Gasteiger partial charge on any atom is -0.383 e. The quantitative estimate of drug-likeness (QED) is 0.404. The highest BCUT2D eigenvalue weighted by Gasteiger charge is 2.17. The van der Waals surface area contributed by atoms with Crippen LogP contribution in [0.5, 0.6) is 0 Å². The van der Waals surface area contributed by atoms with Gasteiger partial charge < -0.3 is 16.8 Å². The number of nitrogens with two attached hydrogens (primary N) is 2. The first-order chi connectivity index (χ1) is 15.0. The number of hydrogen-bond donors (Lipinski definition) is 3. The summed E-state index contributed by atoms with van der Waals surface area (Å²) in [6.45, 7) is 1.86. The molecule has 4 aromatic rings. The Labute approximate surface area is 177 Å². The molecule has 0 saturated heterocycles. The number of benzene rings is 2. The average Bonchev–Trinajstić information content (AvgIpc) is 3.08. The molecule has 10 heteroatoms. The molecule has 0 atom stereocenters. The van der Waals surface area contributed by atoms with E-state index in [4.69, 9.17) is 11.5 Å². The minimum absolute atomic E-state index is 0.0523. The zero-order chi connectivity index (χ0) is 22.0. The van der Waals surface area contributed by atoms with Gasteiger partial charge in [0.25, 0.3) is 5.95 Å². The fourth-order valence-electron chi connectivity index (χ4n) is 3.08. The van der Waals surface area contributed by atoms with Crippen molar-refractivity contribution in [3.05, 3.63) is 65.2 Å². The van der Waals surface area contributed by atoms with E-state index in [1.807, 2.05) is 37.3 Å². The van der Waals surface area contributed by atoms with Crippen molar-refractivity contribution in [1.29, 1.82) is 0 Å². The Hall–Kier alpha value is -4.60. The van der Waals surface area contributed by atoms with Gasteiger partial charge in [-0.25, -0.2) is 0 Å². The molecule has 0 spiro atoms. The highest BCUT2D eigenvalue weighted by Crippen LogP contribution is 2.28. The van der Waals surface area contributed by atoms with Crippen LogP contribution in [-0.4, -0.2) is 37.3 Å². The summed E-state index contributed by atoms with van der Waals surface area (Å²) < 4.78 is 1.39. The molecule has 31 heavy (non-hydrogen) atoms. The van der Waals surface area contributed by atoms with Crippen LogP contribution in [0.4, 0.5) is 23.4 Å². The molecule has 0 unspecified atom stereocenters. The molecule has 0 amide bonds. The van der Waals surface area contributed by atoms with Crippen LogP contribution in [-0.2, 0) is 0 Å². The third kappa shape index (κ3) is 3.94. The van der Waals surface area contributed by atoms with Crippen molar-refractivity contribution in [2.24, 2.45) is 0 Å². The average molecular weight is 414 g/mol. The van der Waals surface area contributed by atoms with Crippen molar-refractivity contribution in [2.75, 3.05) is 16.8 Å². The van der Waals surface area contributed by atoms with E-state index in [1.165, 1.54) is 10.7 Å². The Kier molecular flexibility index (Phi) is 5.10. The van der Waals surface area contributed by atoms with Gasteiger partial charge in [0.15, 0.2) is 0 Å². The zero-order valence-electron chi connectivity index (χ0n) is 16.5.